The van der Waals surface area contributed by atoms with Crippen molar-refractivity contribution in [2.24, 2.45) is 5.90 Å². The number of hydrogen-bond acceptors (Lipinski definition) is 3. The van der Waals surface area contributed by atoms with E-state index in [4.69, 9.17) is 10.6 Å². The van der Waals surface area contributed by atoms with E-state index in [0.29, 0.717) is 6.61 Å². The monoisotopic (exact) mass is 150 g/mol. The van der Waals surface area contributed by atoms with Gasteiger partial charge in [0.15, 0.2) is 0 Å². The first kappa shape index (κ1) is 8.26. The van der Waals surface area contributed by atoms with Crippen LogP contribution >= 0.6 is 0 Å². The van der Waals surface area contributed by atoms with E-state index in [1.165, 1.54) is 0 Å². The predicted octanol–water partition coefficient (Wildman–Crippen LogP) is 0.628. The summed E-state index contributed by atoms with van der Waals surface area (Å²) >= 11 is 0. The average molecular weight is 150 g/mol. The van der Waals surface area contributed by atoms with Crippen LogP contribution in [0.3, 0.4) is 0 Å². The van der Waals surface area contributed by atoms with Crippen molar-refractivity contribution < 1.29 is 9.41 Å². The molecule has 1 aromatic carbocycles. The molecule has 0 aliphatic heterocycles. The molecule has 3 nitrogen and oxygen atoms in total. The Bertz CT molecular complexity index is 193. The molecule has 0 spiro atoms. The van der Waals surface area contributed by atoms with E-state index in [1.54, 1.807) is 0 Å². The van der Waals surface area contributed by atoms with Crippen LogP contribution in [0.5, 0.6) is 0 Å². The topological polar surface area (TPSA) is 44.5 Å². The molecule has 0 bridgehead atoms. The summed E-state index contributed by atoms with van der Waals surface area (Å²) in [6.45, 7) is 0.484. The summed E-state index contributed by atoms with van der Waals surface area (Å²) in [6, 6.07) is 9.77. The Hall–Kier alpha value is -0.835. The van der Waals surface area contributed by atoms with Crippen LogP contribution in [-0.4, -0.2) is 7.69 Å². The Kier molecular flexibility index (Phi) is 3.68. The maximum atomic E-state index is 4.90. The molecule has 1 aromatic rings. The van der Waals surface area contributed by atoms with Gasteiger partial charge >= 0.3 is 7.69 Å². The van der Waals surface area contributed by atoms with Gasteiger partial charge in [0.1, 0.15) is 0 Å². The highest BCUT2D eigenvalue weighted by Gasteiger charge is 1.92. The molecule has 0 saturated carbocycles. The van der Waals surface area contributed by atoms with Gasteiger partial charge in [0.25, 0.3) is 0 Å². The van der Waals surface area contributed by atoms with E-state index in [9.17, 15) is 0 Å². The molecule has 0 saturated heterocycles. The molecule has 0 atom stereocenters. The first-order valence-electron chi connectivity index (χ1n) is 3.26. The van der Waals surface area contributed by atoms with Gasteiger partial charge in [0, 0.05) is 0 Å². The minimum Gasteiger partial charge on any atom is -0.408 e. The Morgan fingerprint density at radius 1 is 1.27 bits per heavy atom. The van der Waals surface area contributed by atoms with Crippen LogP contribution in [0.1, 0.15) is 5.56 Å². The maximum Gasteiger partial charge on any atom is 0.506 e. The molecule has 0 aromatic heterocycles. The fourth-order valence-corrected chi connectivity index (χ4v) is 0.744. The number of hydrogen-bond donors (Lipinski definition) is 1. The van der Waals surface area contributed by atoms with Crippen LogP contribution in [-0.2, 0) is 16.0 Å². The second-order valence-corrected chi connectivity index (χ2v) is 2.03. The third-order valence-corrected chi connectivity index (χ3v) is 1.22. The Labute approximate surface area is 66.4 Å². The first-order valence-corrected chi connectivity index (χ1v) is 3.26. The molecular weight excluding hydrogens is 141 g/mol. The summed E-state index contributed by atoms with van der Waals surface area (Å²) in [5, 5.41) is 0. The smallest absolute Gasteiger partial charge is 0.408 e. The molecule has 0 aliphatic rings. The van der Waals surface area contributed by atoms with Gasteiger partial charge in [-0.3, -0.25) is 0 Å². The molecule has 57 valence electrons. The number of rotatable bonds is 4. The maximum absolute atomic E-state index is 4.90. The molecular formula is C7H9BNO2. The van der Waals surface area contributed by atoms with Crippen molar-refractivity contribution in [3.63, 3.8) is 0 Å². The molecule has 0 fully saturated rings. The van der Waals surface area contributed by atoms with Gasteiger partial charge < -0.3 is 9.41 Å². The van der Waals surface area contributed by atoms with E-state index >= 15 is 0 Å². The van der Waals surface area contributed by atoms with E-state index in [1.807, 2.05) is 30.3 Å². The summed E-state index contributed by atoms with van der Waals surface area (Å²) in [4.78, 5) is 0. The third-order valence-electron chi connectivity index (χ3n) is 1.22. The average Bonchev–Trinajstić information content (AvgIpc) is 2.07. The van der Waals surface area contributed by atoms with Crippen LogP contribution < -0.4 is 5.90 Å². The predicted molar refractivity (Wildman–Crippen MR) is 42.3 cm³/mol. The fraction of sp³-hybridized carbons (Fsp3) is 0.143. The Morgan fingerprint density at radius 2 is 2.00 bits per heavy atom. The van der Waals surface area contributed by atoms with Crippen LogP contribution in [0.15, 0.2) is 30.3 Å². The van der Waals surface area contributed by atoms with Crippen molar-refractivity contribution in [2.75, 3.05) is 0 Å². The van der Waals surface area contributed by atoms with Crippen LogP contribution in [0, 0.1) is 0 Å². The highest BCUT2D eigenvalue weighted by atomic mass is 16.7. The van der Waals surface area contributed by atoms with Crippen molar-refractivity contribution in [3.8, 4) is 0 Å². The lowest BCUT2D eigenvalue weighted by Crippen LogP contribution is -2.08. The SMILES string of the molecule is NO[B]OCc1ccccc1. The molecule has 11 heavy (non-hydrogen) atoms. The second kappa shape index (κ2) is 4.90. The zero-order chi connectivity index (χ0) is 7.94. The zero-order valence-corrected chi connectivity index (χ0v) is 6.07. The van der Waals surface area contributed by atoms with Gasteiger partial charge in [-0.1, -0.05) is 30.3 Å². The minimum atomic E-state index is 0.484. The fourth-order valence-electron chi connectivity index (χ4n) is 0.744. The minimum absolute atomic E-state index is 0.484. The Balaban J connectivity index is 2.28. The summed E-state index contributed by atoms with van der Waals surface area (Å²) in [5.74, 6) is 4.71. The molecule has 1 rings (SSSR count). The van der Waals surface area contributed by atoms with Crippen molar-refractivity contribution in [1.82, 2.24) is 0 Å². The highest BCUT2D eigenvalue weighted by molar-refractivity contribution is 6.17. The van der Waals surface area contributed by atoms with Crippen molar-refractivity contribution >= 4 is 7.69 Å². The molecule has 0 unspecified atom stereocenters. The largest absolute Gasteiger partial charge is 0.506 e. The highest BCUT2D eigenvalue weighted by Crippen LogP contribution is 1.98. The van der Waals surface area contributed by atoms with E-state index in [0.717, 1.165) is 13.2 Å². The van der Waals surface area contributed by atoms with Gasteiger partial charge in [-0.05, 0) is 5.56 Å². The molecule has 2 N–H and O–H groups in total. The van der Waals surface area contributed by atoms with Gasteiger partial charge in [-0.2, -0.15) is 0 Å². The molecule has 0 heterocycles. The van der Waals surface area contributed by atoms with Gasteiger partial charge in [-0.25, -0.2) is 5.90 Å². The second-order valence-electron chi connectivity index (χ2n) is 2.03. The number of benzene rings is 1. The lowest BCUT2D eigenvalue weighted by Gasteiger charge is -1.99. The van der Waals surface area contributed by atoms with E-state index in [-0.39, 0.29) is 0 Å². The van der Waals surface area contributed by atoms with Gasteiger partial charge in [0.2, 0.25) is 0 Å². The molecule has 1 radical (unpaired) electrons. The Morgan fingerprint density at radius 3 is 2.64 bits per heavy atom. The third kappa shape index (κ3) is 3.18. The zero-order valence-electron chi connectivity index (χ0n) is 6.07. The van der Waals surface area contributed by atoms with E-state index < -0.39 is 0 Å². The van der Waals surface area contributed by atoms with E-state index in [2.05, 4.69) is 4.76 Å². The van der Waals surface area contributed by atoms with Crippen molar-refractivity contribution in [3.05, 3.63) is 35.9 Å². The van der Waals surface area contributed by atoms with Crippen LogP contribution in [0.2, 0.25) is 0 Å². The summed E-state index contributed by atoms with van der Waals surface area (Å²) in [7, 11) is 1.10. The van der Waals surface area contributed by atoms with Crippen molar-refractivity contribution in [2.45, 2.75) is 6.61 Å². The quantitative estimate of drug-likeness (QED) is 0.388. The summed E-state index contributed by atoms with van der Waals surface area (Å²) in [5.41, 5.74) is 1.08. The normalized spacial score (nSPS) is 9.55. The summed E-state index contributed by atoms with van der Waals surface area (Å²) < 4.78 is 9.01. The van der Waals surface area contributed by atoms with Gasteiger partial charge in [-0.15, -0.1) is 0 Å². The van der Waals surface area contributed by atoms with Gasteiger partial charge in [0.05, 0.1) is 6.61 Å². The molecule has 0 aliphatic carbocycles. The van der Waals surface area contributed by atoms with Crippen LogP contribution in [0.4, 0.5) is 0 Å². The lowest BCUT2D eigenvalue weighted by atomic mass is 10.2. The lowest BCUT2D eigenvalue weighted by molar-refractivity contribution is 0.218. The summed E-state index contributed by atoms with van der Waals surface area (Å²) in [6.07, 6.45) is 0. The molecule has 0 amide bonds. The standard InChI is InChI=1S/C7H9BNO2/c9-11-8-10-6-7-4-2-1-3-5-7/h1-5H,6,9H2. The first-order chi connectivity index (χ1) is 5.43. The van der Waals surface area contributed by atoms with Crippen molar-refractivity contribution in [1.29, 1.82) is 0 Å². The number of nitrogens with two attached hydrogens (primary N) is 1. The van der Waals surface area contributed by atoms with Crippen LogP contribution in [0.25, 0.3) is 0 Å². The molecule has 4 heteroatoms.